The Labute approximate surface area is 207 Å². The molecular weight excluding hydrogens is 465 g/mol. The molecule has 3 N–H and O–H groups in total. The molecule has 0 bridgehead atoms. The summed E-state index contributed by atoms with van der Waals surface area (Å²) >= 11 is 0. The maximum atomic E-state index is 14.1. The van der Waals surface area contributed by atoms with Gasteiger partial charge in [0, 0.05) is 41.0 Å². The van der Waals surface area contributed by atoms with Crippen molar-refractivity contribution in [2.45, 2.75) is 44.7 Å². The van der Waals surface area contributed by atoms with E-state index in [1.807, 2.05) is 0 Å². The number of nitrogens with one attached hydrogen (secondary N) is 1. The number of hydrogen-bond acceptors (Lipinski definition) is 4. The van der Waals surface area contributed by atoms with Crippen LogP contribution in [0.4, 0.5) is 30.5 Å². The Morgan fingerprint density at radius 2 is 1.81 bits per heavy atom. The predicted octanol–water partition coefficient (Wildman–Crippen LogP) is 6.03. The van der Waals surface area contributed by atoms with Gasteiger partial charge in [-0.1, -0.05) is 31.7 Å². The highest BCUT2D eigenvalue weighted by molar-refractivity contribution is 6.26. The second-order valence-corrected chi connectivity index (χ2v) is 9.60. The molecule has 0 aliphatic heterocycles. The summed E-state index contributed by atoms with van der Waals surface area (Å²) in [6, 6.07) is 11.0. The van der Waals surface area contributed by atoms with Crippen LogP contribution in [0.3, 0.4) is 0 Å². The van der Waals surface area contributed by atoms with Crippen molar-refractivity contribution in [1.82, 2.24) is 4.98 Å². The number of amides is 1. The third kappa shape index (κ3) is 4.67. The summed E-state index contributed by atoms with van der Waals surface area (Å²) in [6.07, 6.45) is 2.51. The average molecular weight is 493 g/mol. The molecule has 0 spiro atoms. The van der Waals surface area contributed by atoms with Crippen LogP contribution in [0.2, 0.25) is 0 Å². The summed E-state index contributed by atoms with van der Waals surface area (Å²) in [5.41, 5.74) is 8.16. The Morgan fingerprint density at radius 1 is 1.14 bits per heavy atom. The van der Waals surface area contributed by atoms with Gasteiger partial charge < -0.3 is 11.1 Å². The van der Waals surface area contributed by atoms with E-state index in [2.05, 4.69) is 18.8 Å². The summed E-state index contributed by atoms with van der Waals surface area (Å²) in [4.78, 5) is 20.1. The Balaban J connectivity index is 1.52. The lowest BCUT2D eigenvalue weighted by Crippen LogP contribution is -2.35. The molecule has 3 aromatic rings. The number of anilines is 3. The van der Waals surface area contributed by atoms with Gasteiger partial charge in [0.05, 0.1) is 0 Å². The fraction of sp³-hybridized carbons (Fsp3) is 0.286. The molecule has 2 aliphatic rings. The van der Waals surface area contributed by atoms with E-state index in [0.29, 0.717) is 28.8 Å². The van der Waals surface area contributed by atoms with Crippen LogP contribution in [0.1, 0.15) is 48.8 Å². The number of carbonyl (C=O) groups excluding carboxylic acids is 1. The quantitative estimate of drug-likeness (QED) is 0.377. The molecule has 2 fully saturated rings. The molecular formula is C28H27F3N4O. The number of nitrogens with zero attached hydrogens (tertiary/aromatic N) is 2. The Morgan fingerprint density at radius 3 is 2.42 bits per heavy atom. The highest BCUT2D eigenvalue weighted by Gasteiger charge is 2.43. The van der Waals surface area contributed by atoms with E-state index < -0.39 is 17.5 Å². The molecule has 5 rings (SSSR count). The van der Waals surface area contributed by atoms with E-state index in [1.165, 1.54) is 36.4 Å². The van der Waals surface area contributed by atoms with E-state index >= 15 is 0 Å². The summed E-state index contributed by atoms with van der Waals surface area (Å²) in [5.74, 6) is -0.893. The SMILES string of the molecule is C=C(C(=O)N(c1nc(NCc2c(F)cccc2F)cc(N)c1C1CC1C)C1CC1)c1cccc(F)c1. The molecule has 1 heterocycles. The van der Waals surface area contributed by atoms with Gasteiger partial charge in [-0.15, -0.1) is 0 Å². The van der Waals surface area contributed by atoms with E-state index in [0.717, 1.165) is 24.8 Å². The second kappa shape index (κ2) is 9.33. The van der Waals surface area contributed by atoms with Crippen LogP contribution in [0.25, 0.3) is 5.57 Å². The van der Waals surface area contributed by atoms with Gasteiger partial charge in [0.25, 0.3) is 5.91 Å². The molecule has 0 saturated heterocycles. The number of rotatable bonds is 8. The molecule has 2 saturated carbocycles. The monoisotopic (exact) mass is 492 g/mol. The number of carbonyl (C=O) groups is 1. The van der Waals surface area contributed by atoms with E-state index in [-0.39, 0.29) is 35.5 Å². The van der Waals surface area contributed by atoms with Gasteiger partial charge in [-0.2, -0.15) is 0 Å². The molecule has 1 amide bonds. The number of halogens is 3. The topological polar surface area (TPSA) is 71.2 Å². The lowest BCUT2D eigenvalue weighted by Gasteiger charge is -2.27. The normalized spacial score (nSPS) is 18.6. The largest absolute Gasteiger partial charge is 0.398 e. The minimum absolute atomic E-state index is 0.0817. The van der Waals surface area contributed by atoms with E-state index in [1.54, 1.807) is 17.0 Å². The summed E-state index contributed by atoms with van der Waals surface area (Å²) in [6.45, 7) is 5.92. The first-order valence-corrected chi connectivity index (χ1v) is 12.0. The van der Waals surface area contributed by atoms with Gasteiger partial charge in [0.15, 0.2) is 0 Å². The highest BCUT2D eigenvalue weighted by atomic mass is 19.1. The molecule has 5 nitrogen and oxygen atoms in total. The molecule has 2 aromatic carbocycles. The molecule has 2 atom stereocenters. The predicted molar refractivity (Wildman–Crippen MR) is 135 cm³/mol. The van der Waals surface area contributed by atoms with Crippen molar-refractivity contribution in [2.75, 3.05) is 16.0 Å². The Bertz CT molecular complexity index is 1330. The first-order chi connectivity index (χ1) is 17.2. The Hall–Kier alpha value is -3.81. The first kappa shape index (κ1) is 23.9. The van der Waals surface area contributed by atoms with Crippen molar-refractivity contribution in [3.8, 4) is 0 Å². The number of hydrogen-bond donors (Lipinski definition) is 2. The number of nitrogens with two attached hydrogens (primary N) is 1. The molecule has 0 radical (unpaired) electrons. The minimum atomic E-state index is -0.666. The number of pyridine rings is 1. The highest BCUT2D eigenvalue weighted by Crippen LogP contribution is 2.53. The van der Waals surface area contributed by atoms with Crippen molar-refractivity contribution in [2.24, 2.45) is 5.92 Å². The van der Waals surface area contributed by atoms with E-state index in [4.69, 9.17) is 10.7 Å². The lowest BCUT2D eigenvalue weighted by atomic mass is 10.0. The van der Waals surface area contributed by atoms with Crippen LogP contribution >= 0.6 is 0 Å². The summed E-state index contributed by atoms with van der Waals surface area (Å²) in [7, 11) is 0. The minimum Gasteiger partial charge on any atom is -0.398 e. The second-order valence-electron chi connectivity index (χ2n) is 9.60. The van der Waals surface area contributed by atoms with Crippen LogP contribution in [0.5, 0.6) is 0 Å². The van der Waals surface area contributed by atoms with Gasteiger partial charge in [0.2, 0.25) is 0 Å². The molecule has 2 aliphatic carbocycles. The molecule has 186 valence electrons. The number of nitrogen functional groups attached to an aromatic ring is 1. The number of benzene rings is 2. The standard InChI is InChI=1S/C28H27F3N4O/c1-15-11-20(15)26-24(32)13-25(33-14-21-22(30)7-4-8-23(21)31)34-27(26)35(19-9-10-19)28(36)16(2)17-5-3-6-18(29)12-17/h3-8,12-13,15,19-20H,2,9-11,14H2,1H3,(H3,32,33,34). The Kier molecular flexibility index (Phi) is 6.20. The zero-order valence-corrected chi connectivity index (χ0v) is 19.9. The maximum Gasteiger partial charge on any atom is 0.259 e. The third-order valence-corrected chi connectivity index (χ3v) is 6.85. The maximum absolute atomic E-state index is 14.1. The van der Waals surface area contributed by atoms with E-state index in [9.17, 15) is 18.0 Å². The molecule has 8 heteroatoms. The van der Waals surface area contributed by atoms with Crippen LogP contribution in [0, 0.1) is 23.4 Å². The van der Waals surface area contributed by atoms with Gasteiger partial charge in [0.1, 0.15) is 29.1 Å². The van der Waals surface area contributed by atoms with Gasteiger partial charge >= 0.3 is 0 Å². The third-order valence-electron chi connectivity index (χ3n) is 6.85. The zero-order chi connectivity index (χ0) is 25.6. The van der Waals surface area contributed by atoms with Crippen LogP contribution in [0.15, 0.2) is 55.1 Å². The fourth-order valence-electron chi connectivity index (χ4n) is 4.53. The zero-order valence-electron chi connectivity index (χ0n) is 19.9. The van der Waals surface area contributed by atoms with Crippen molar-refractivity contribution in [1.29, 1.82) is 0 Å². The van der Waals surface area contributed by atoms with Crippen molar-refractivity contribution in [3.05, 3.63) is 89.3 Å². The average Bonchev–Trinajstić information content (AvgIpc) is 3.77. The van der Waals surface area contributed by atoms with Gasteiger partial charge in [-0.25, -0.2) is 18.2 Å². The van der Waals surface area contributed by atoms with Crippen LogP contribution in [-0.4, -0.2) is 16.9 Å². The molecule has 36 heavy (non-hydrogen) atoms. The van der Waals surface area contributed by atoms with Gasteiger partial charge in [-0.05, 0) is 60.9 Å². The smallest absolute Gasteiger partial charge is 0.259 e. The van der Waals surface area contributed by atoms with Crippen molar-refractivity contribution >= 4 is 28.8 Å². The molecule has 2 unspecified atom stereocenters. The first-order valence-electron chi connectivity index (χ1n) is 12.0. The number of aromatic nitrogens is 1. The lowest BCUT2D eigenvalue weighted by molar-refractivity contribution is -0.113. The fourth-order valence-corrected chi connectivity index (χ4v) is 4.53. The van der Waals surface area contributed by atoms with Crippen LogP contribution in [-0.2, 0) is 11.3 Å². The summed E-state index contributed by atoms with van der Waals surface area (Å²) in [5, 5.41) is 2.96. The molecule has 1 aromatic heterocycles. The summed E-state index contributed by atoms with van der Waals surface area (Å²) < 4.78 is 42.1. The van der Waals surface area contributed by atoms with Crippen LogP contribution < -0.4 is 16.0 Å². The van der Waals surface area contributed by atoms with Crippen molar-refractivity contribution in [3.63, 3.8) is 0 Å². The van der Waals surface area contributed by atoms with Crippen molar-refractivity contribution < 1.29 is 18.0 Å². The van der Waals surface area contributed by atoms with Gasteiger partial charge in [-0.3, -0.25) is 9.69 Å².